The molecular weight excluding hydrogens is 198 g/mol. The van der Waals surface area contributed by atoms with Gasteiger partial charge in [-0.15, -0.1) is 0 Å². The largest absolute Gasteiger partial charge is 0.384 e. The van der Waals surface area contributed by atoms with Crippen LogP contribution in [-0.2, 0) is 0 Å². The van der Waals surface area contributed by atoms with E-state index in [-0.39, 0.29) is 0 Å². The third kappa shape index (κ3) is 1.83. The third-order valence-corrected chi connectivity index (χ3v) is 4.21. The van der Waals surface area contributed by atoms with E-state index < -0.39 is 0 Å². The van der Waals surface area contributed by atoms with E-state index in [1.807, 2.05) is 13.0 Å². The molecular formula is C13H21N3. The van der Waals surface area contributed by atoms with E-state index in [0.29, 0.717) is 6.04 Å². The van der Waals surface area contributed by atoms with Gasteiger partial charge < -0.3 is 5.73 Å². The van der Waals surface area contributed by atoms with Crippen LogP contribution in [0.25, 0.3) is 0 Å². The third-order valence-electron chi connectivity index (χ3n) is 4.21. The van der Waals surface area contributed by atoms with Crippen molar-refractivity contribution in [3.8, 4) is 0 Å². The van der Waals surface area contributed by atoms with E-state index in [1.54, 1.807) is 0 Å². The van der Waals surface area contributed by atoms with E-state index in [9.17, 15) is 0 Å². The number of aryl methyl sites for hydroxylation is 1. The monoisotopic (exact) mass is 219 g/mol. The number of anilines is 1. The van der Waals surface area contributed by atoms with Gasteiger partial charge in [0.2, 0.25) is 0 Å². The SMILES string of the molecule is Cc1cc(N)n(C2CCCC(C3CC3)C2)n1. The normalized spacial score (nSPS) is 30.6. The summed E-state index contributed by atoms with van der Waals surface area (Å²) in [7, 11) is 0. The van der Waals surface area contributed by atoms with Gasteiger partial charge in [-0.1, -0.05) is 12.8 Å². The van der Waals surface area contributed by atoms with Crippen molar-refractivity contribution in [1.29, 1.82) is 0 Å². The van der Waals surface area contributed by atoms with Crippen molar-refractivity contribution in [2.45, 2.75) is 51.5 Å². The molecule has 1 aromatic heterocycles. The van der Waals surface area contributed by atoms with Crippen LogP contribution in [0.5, 0.6) is 0 Å². The summed E-state index contributed by atoms with van der Waals surface area (Å²) in [5.41, 5.74) is 7.06. The van der Waals surface area contributed by atoms with Gasteiger partial charge in [0.1, 0.15) is 5.82 Å². The van der Waals surface area contributed by atoms with E-state index in [1.165, 1.54) is 38.5 Å². The molecule has 2 aliphatic rings. The van der Waals surface area contributed by atoms with Crippen molar-refractivity contribution in [1.82, 2.24) is 9.78 Å². The minimum Gasteiger partial charge on any atom is -0.384 e. The molecule has 0 saturated heterocycles. The van der Waals surface area contributed by atoms with Crippen LogP contribution in [0.4, 0.5) is 5.82 Å². The van der Waals surface area contributed by atoms with Crippen LogP contribution < -0.4 is 5.73 Å². The summed E-state index contributed by atoms with van der Waals surface area (Å²) >= 11 is 0. The standard InChI is InChI=1S/C13H21N3/c1-9-7-13(14)16(15-9)12-4-2-3-11(8-12)10-5-6-10/h7,10-12H,2-6,8,14H2,1H3. The molecule has 3 nitrogen and oxygen atoms in total. The quantitative estimate of drug-likeness (QED) is 0.831. The lowest BCUT2D eigenvalue weighted by Crippen LogP contribution is -2.22. The zero-order chi connectivity index (χ0) is 11.1. The summed E-state index contributed by atoms with van der Waals surface area (Å²) in [6.45, 7) is 2.02. The molecule has 2 N–H and O–H groups in total. The number of nitrogens with zero attached hydrogens (tertiary/aromatic N) is 2. The summed E-state index contributed by atoms with van der Waals surface area (Å²) in [5, 5.41) is 4.54. The van der Waals surface area contributed by atoms with Gasteiger partial charge in [-0.25, -0.2) is 4.68 Å². The first kappa shape index (κ1) is 10.2. The molecule has 16 heavy (non-hydrogen) atoms. The fraction of sp³-hybridized carbons (Fsp3) is 0.769. The lowest BCUT2D eigenvalue weighted by atomic mass is 9.83. The van der Waals surface area contributed by atoms with Gasteiger partial charge in [0.05, 0.1) is 11.7 Å². The number of nitrogens with two attached hydrogens (primary N) is 1. The lowest BCUT2D eigenvalue weighted by Gasteiger charge is -2.29. The molecule has 1 aromatic rings. The van der Waals surface area contributed by atoms with Crippen molar-refractivity contribution in [3.63, 3.8) is 0 Å². The Morgan fingerprint density at radius 3 is 2.69 bits per heavy atom. The van der Waals surface area contributed by atoms with Gasteiger partial charge in [-0.05, 0) is 44.4 Å². The number of nitrogen functional groups attached to an aromatic ring is 1. The van der Waals surface area contributed by atoms with E-state index in [2.05, 4.69) is 9.78 Å². The predicted octanol–water partition coefficient (Wildman–Crippen LogP) is 2.92. The van der Waals surface area contributed by atoms with Crippen LogP contribution >= 0.6 is 0 Å². The predicted molar refractivity (Wildman–Crippen MR) is 65.1 cm³/mol. The zero-order valence-electron chi connectivity index (χ0n) is 10.0. The Balaban J connectivity index is 1.76. The second-order valence-corrected chi connectivity index (χ2v) is 5.57. The first-order valence-electron chi connectivity index (χ1n) is 6.55. The topological polar surface area (TPSA) is 43.8 Å². The Morgan fingerprint density at radius 2 is 2.06 bits per heavy atom. The highest BCUT2D eigenvalue weighted by molar-refractivity contribution is 5.30. The molecule has 0 radical (unpaired) electrons. The summed E-state index contributed by atoms with van der Waals surface area (Å²) in [6, 6.07) is 2.55. The highest BCUT2D eigenvalue weighted by Crippen LogP contribution is 2.46. The lowest BCUT2D eigenvalue weighted by molar-refractivity contribution is 0.233. The first-order valence-corrected chi connectivity index (χ1v) is 6.55. The second kappa shape index (κ2) is 3.79. The van der Waals surface area contributed by atoms with Crippen LogP contribution in [0.3, 0.4) is 0 Å². The van der Waals surface area contributed by atoms with Gasteiger partial charge in [0, 0.05) is 6.07 Å². The van der Waals surface area contributed by atoms with Crippen molar-refractivity contribution in [2.24, 2.45) is 11.8 Å². The smallest absolute Gasteiger partial charge is 0.122 e. The molecule has 0 spiro atoms. The average molecular weight is 219 g/mol. The summed E-state index contributed by atoms with van der Waals surface area (Å²) < 4.78 is 2.07. The maximum atomic E-state index is 6.01. The van der Waals surface area contributed by atoms with Crippen LogP contribution in [0.2, 0.25) is 0 Å². The van der Waals surface area contributed by atoms with Crippen LogP contribution in [0.15, 0.2) is 6.07 Å². The van der Waals surface area contributed by atoms with Crippen LogP contribution in [0, 0.1) is 18.8 Å². The van der Waals surface area contributed by atoms with Gasteiger partial charge in [-0.2, -0.15) is 5.10 Å². The fourth-order valence-electron chi connectivity index (χ4n) is 3.25. The molecule has 0 amide bonds. The molecule has 3 rings (SSSR count). The Labute approximate surface area is 97.0 Å². The van der Waals surface area contributed by atoms with Crippen molar-refractivity contribution >= 4 is 5.82 Å². The van der Waals surface area contributed by atoms with Gasteiger partial charge in [0.25, 0.3) is 0 Å². The number of aromatic nitrogens is 2. The molecule has 0 bridgehead atoms. The second-order valence-electron chi connectivity index (χ2n) is 5.57. The van der Waals surface area contributed by atoms with Crippen molar-refractivity contribution in [3.05, 3.63) is 11.8 Å². The Bertz CT molecular complexity index is 379. The van der Waals surface area contributed by atoms with Gasteiger partial charge in [0.15, 0.2) is 0 Å². The van der Waals surface area contributed by atoms with Crippen molar-refractivity contribution < 1.29 is 0 Å². The maximum absolute atomic E-state index is 6.01. The molecule has 2 aliphatic carbocycles. The Morgan fingerprint density at radius 1 is 1.25 bits per heavy atom. The Kier molecular flexibility index (Phi) is 2.41. The van der Waals surface area contributed by atoms with E-state index in [4.69, 9.17) is 5.73 Å². The minimum absolute atomic E-state index is 0.563. The molecule has 2 unspecified atom stereocenters. The molecule has 2 atom stereocenters. The number of hydrogen-bond donors (Lipinski definition) is 1. The van der Waals surface area contributed by atoms with E-state index in [0.717, 1.165) is 23.3 Å². The summed E-state index contributed by atoms with van der Waals surface area (Å²) in [5.74, 6) is 2.82. The summed E-state index contributed by atoms with van der Waals surface area (Å²) in [4.78, 5) is 0. The Hall–Kier alpha value is -0.990. The molecule has 88 valence electrons. The summed E-state index contributed by atoms with van der Waals surface area (Å²) in [6.07, 6.45) is 8.27. The molecule has 2 fully saturated rings. The minimum atomic E-state index is 0.563. The maximum Gasteiger partial charge on any atom is 0.122 e. The van der Waals surface area contributed by atoms with Crippen LogP contribution in [-0.4, -0.2) is 9.78 Å². The first-order chi connectivity index (χ1) is 7.74. The van der Waals surface area contributed by atoms with Crippen LogP contribution in [0.1, 0.15) is 50.3 Å². The van der Waals surface area contributed by atoms with Gasteiger partial charge >= 0.3 is 0 Å². The number of rotatable bonds is 2. The highest BCUT2D eigenvalue weighted by atomic mass is 15.3. The van der Waals surface area contributed by atoms with Gasteiger partial charge in [-0.3, -0.25) is 0 Å². The fourth-order valence-corrected chi connectivity index (χ4v) is 3.25. The van der Waals surface area contributed by atoms with E-state index >= 15 is 0 Å². The molecule has 2 saturated carbocycles. The molecule has 3 heteroatoms. The molecule has 0 aliphatic heterocycles. The zero-order valence-corrected chi connectivity index (χ0v) is 10.0. The average Bonchev–Trinajstić information content (AvgIpc) is 3.05. The molecule has 1 heterocycles. The molecule has 0 aromatic carbocycles. The number of hydrogen-bond acceptors (Lipinski definition) is 2. The highest BCUT2D eigenvalue weighted by Gasteiger charge is 2.35. The van der Waals surface area contributed by atoms with Crippen molar-refractivity contribution in [2.75, 3.05) is 5.73 Å².